The quantitative estimate of drug-likeness (QED) is 0.561. The smallest absolute Gasteiger partial charge is 0.269 e. The normalized spacial score (nSPS) is 10.2. The number of H-pyrrole nitrogens is 1. The summed E-state index contributed by atoms with van der Waals surface area (Å²) in [6, 6.07) is 15.2. The monoisotopic (exact) mass is 336 g/mol. The van der Waals surface area contributed by atoms with Gasteiger partial charge in [0.2, 0.25) is 0 Å². The predicted octanol–water partition coefficient (Wildman–Crippen LogP) is 2.60. The molecule has 1 amide bonds. The van der Waals surface area contributed by atoms with Crippen molar-refractivity contribution >= 4 is 17.3 Å². The van der Waals surface area contributed by atoms with Crippen LogP contribution in [0.2, 0.25) is 0 Å². The van der Waals surface area contributed by atoms with E-state index in [4.69, 9.17) is 0 Å². The number of aromatic amines is 1. The highest BCUT2D eigenvalue weighted by atomic mass is 16.6. The molecule has 2 N–H and O–H groups in total. The van der Waals surface area contributed by atoms with Gasteiger partial charge in [0.05, 0.1) is 10.6 Å². The molecule has 3 aromatic rings. The molecule has 0 fully saturated rings. The molecule has 0 bridgehead atoms. The number of nitro benzene ring substituents is 1. The third-order valence-corrected chi connectivity index (χ3v) is 3.44. The van der Waals surface area contributed by atoms with E-state index in [0.29, 0.717) is 16.9 Å². The van der Waals surface area contributed by atoms with Crippen LogP contribution in [0, 0.1) is 10.1 Å². The first-order chi connectivity index (χ1) is 12.0. The minimum Gasteiger partial charge on any atom is -0.322 e. The van der Waals surface area contributed by atoms with Crippen molar-refractivity contribution in [1.82, 2.24) is 10.2 Å². The van der Waals surface area contributed by atoms with Crippen molar-refractivity contribution in [1.29, 1.82) is 0 Å². The van der Waals surface area contributed by atoms with Gasteiger partial charge in [-0.15, -0.1) is 0 Å². The zero-order valence-corrected chi connectivity index (χ0v) is 12.8. The Bertz CT molecular complexity index is 976. The molecule has 25 heavy (non-hydrogen) atoms. The highest BCUT2D eigenvalue weighted by Crippen LogP contribution is 2.20. The number of rotatable bonds is 4. The Kier molecular flexibility index (Phi) is 4.34. The van der Waals surface area contributed by atoms with E-state index < -0.39 is 4.92 Å². The number of non-ortho nitro benzene ring substituents is 1. The minimum atomic E-state index is -0.525. The molecule has 124 valence electrons. The Morgan fingerprint density at radius 1 is 1.08 bits per heavy atom. The van der Waals surface area contributed by atoms with Gasteiger partial charge in [-0.05, 0) is 30.3 Å². The largest absolute Gasteiger partial charge is 0.322 e. The molecule has 2 aromatic carbocycles. The zero-order valence-electron chi connectivity index (χ0n) is 12.8. The highest BCUT2D eigenvalue weighted by molar-refractivity contribution is 6.04. The molecule has 0 aliphatic rings. The van der Waals surface area contributed by atoms with E-state index in [1.165, 1.54) is 30.3 Å². The molecule has 0 spiro atoms. The van der Waals surface area contributed by atoms with Crippen molar-refractivity contribution in [2.24, 2.45) is 0 Å². The number of nitrogens with zero attached hydrogens (tertiary/aromatic N) is 2. The Hall–Kier alpha value is -3.81. The van der Waals surface area contributed by atoms with Gasteiger partial charge in [0, 0.05) is 35.0 Å². The average Bonchev–Trinajstić information content (AvgIpc) is 2.62. The van der Waals surface area contributed by atoms with Crippen LogP contribution in [-0.2, 0) is 0 Å². The van der Waals surface area contributed by atoms with Crippen LogP contribution < -0.4 is 10.9 Å². The predicted molar refractivity (Wildman–Crippen MR) is 91.3 cm³/mol. The summed E-state index contributed by atoms with van der Waals surface area (Å²) in [7, 11) is 0. The second-order valence-corrected chi connectivity index (χ2v) is 5.15. The third-order valence-electron chi connectivity index (χ3n) is 3.44. The van der Waals surface area contributed by atoms with Crippen LogP contribution in [0.4, 0.5) is 11.4 Å². The molecule has 1 aromatic heterocycles. The van der Waals surface area contributed by atoms with E-state index in [2.05, 4.69) is 15.5 Å². The molecule has 0 saturated heterocycles. The molecule has 8 heteroatoms. The van der Waals surface area contributed by atoms with Gasteiger partial charge in [0.15, 0.2) is 0 Å². The summed E-state index contributed by atoms with van der Waals surface area (Å²) in [5.41, 5.74) is 1.74. The number of nitrogens with one attached hydrogen (secondary N) is 2. The number of benzene rings is 2. The Balaban J connectivity index is 1.79. The maximum atomic E-state index is 12.2. The van der Waals surface area contributed by atoms with Gasteiger partial charge in [-0.1, -0.05) is 12.1 Å². The second-order valence-electron chi connectivity index (χ2n) is 5.15. The SMILES string of the molecule is O=C(Nc1cccc(-c2ccc(=O)[nH]n2)c1)c1ccc([N+](=O)[O-])cc1. The Labute approximate surface area is 141 Å². The topological polar surface area (TPSA) is 118 Å². The second kappa shape index (κ2) is 6.75. The van der Waals surface area contributed by atoms with Gasteiger partial charge in [0.25, 0.3) is 17.2 Å². The van der Waals surface area contributed by atoms with Gasteiger partial charge >= 0.3 is 0 Å². The molecule has 3 rings (SSSR count). The number of hydrogen-bond donors (Lipinski definition) is 2. The van der Waals surface area contributed by atoms with Crippen LogP contribution >= 0.6 is 0 Å². The number of amides is 1. The van der Waals surface area contributed by atoms with Gasteiger partial charge in [-0.25, -0.2) is 5.10 Å². The van der Waals surface area contributed by atoms with Gasteiger partial charge in [0.1, 0.15) is 0 Å². The number of carbonyl (C=O) groups is 1. The van der Waals surface area contributed by atoms with E-state index >= 15 is 0 Å². The van der Waals surface area contributed by atoms with Crippen molar-refractivity contribution in [3.63, 3.8) is 0 Å². The lowest BCUT2D eigenvalue weighted by atomic mass is 10.1. The lowest BCUT2D eigenvalue weighted by molar-refractivity contribution is -0.384. The van der Waals surface area contributed by atoms with E-state index in [-0.39, 0.29) is 17.2 Å². The Morgan fingerprint density at radius 2 is 1.84 bits per heavy atom. The lowest BCUT2D eigenvalue weighted by Gasteiger charge is -2.07. The van der Waals surface area contributed by atoms with Crippen molar-refractivity contribution in [2.75, 3.05) is 5.32 Å². The highest BCUT2D eigenvalue weighted by Gasteiger charge is 2.10. The molecular weight excluding hydrogens is 324 g/mol. The van der Waals surface area contributed by atoms with Crippen LogP contribution in [0.5, 0.6) is 0 Å². The molecule has 0 aliphatic carbocycles. The maximum absolute atomic E-state index is 12.2. The number of anilines is 1. The summed E-state index contributed by atoms with van der Waals surface area (Å²) in [6.45, 7) is 0. The number of nitro groups is 1. The van der Waals surface area contributed by atoms with Gasteiger partial charge in [-0.3, -0.25) is 19.7 Å². The molecule has 0 saturated carbocycles. The Morgan fingerprint density at radius 3 is 2.48 bits per heavy atom. The first kappa shape index (κ1) is 16.1. The van der Waals surface area contributed by atoms with Crippen molar-refractivity contribution in [2.45, 2.75) is 0 Å². The summed E-state index contributed by atoms with van der Waals surface area (Å²) in [5.74, 6) is -0.388. The van der Waals surface area contributed by atoms with E-state index in [0.717, 1.165) is 5.56 Å². The number of aromatic nitrogens is 2. The van der Waals surface area contributed by atoms with Crippen LogP contribution in [-0.4, -0.2) is 21.0 Å². The fraction of sp³-hybridized carbons (Fsp3) is 0. The molecular formula is C17H12N4O4. The molecule has 1 heterocycles. The van der Waals surface area contributed by atoms with Crippen LogP contribution in [0.1, 0.15) is 10.4 Å². The van der Waals surface area contributed by atoms with Crippen LogP contribution in [0.25, 0.3) is 11.3 Å². The van der Waals surface area contributed by atoms with Crippen LogP contribution in [0.15, 0.2) is 65.5 Å². The molecule has 0 atom stereocenters. The summed E-state index contributed by atoms with van der Waals surface area (Å²) >= 11 is 0. The molecule has 0 aliphatic heterocycles. The maximum Gasteiger partial charge on any atom is 0.269 e. The van der Waals surface area contributed by atoms with Crippen molar-refractivity contribution < 1.29 is 9.72 Å². The molecule has 8 nitrogen and oxygen atoms in total. The third kappa shape index (κ3) is 3.75. The standard InChI is InChI=1S/C17H12N4O4/c22-16-9-8-15(19-20-16)12-2-1-3-13(10-12)18-17(23)11-4-6-14(7-5-11)21(24)25/h1-10H,(H,18,23)(H,20,22). The average molecular weight is 336 g/mol. The number of hydrogen-bond acceptors (Lipinski definition) is 5. The zero-order chi connectivity index (χ0) is 17.8. The lowest BCUT2D eigenvalue weighted by Crippen LogP contribution is -2.12. The van der Waals surface area contributed by atoms with E-state index in [1.807, 2.05) is 0 Å². The first-order valence-corrected chi connectivity index (χ1v) is 7.25. The fourth-order valence-electron chi connectivity index (χ4n) is 2.20. The summed E-state index contributed by atoms with van der Waals surface area (Å²) < 4.78 is 0. The van der Waals surface area contributed by atoms with Crippen LogP contribution in [0.3, 0.4) is 0 Å². The van der Waals surface area contributed by atoms with Gasteiger partial charge < -0.3 is 5.32 Å². The summed E-state index contributed by atoms with van der Waals surface area (Å²) in [6.07, 6.45) is 0. The summed E-state index contributed by atoms with van der Waals surface area (Å²) in [5, 5.41) is 19.7. The van der Waals surface area contributed by atoms with E-state index in [9.17, 15) is 19.7 Å². The molecule has 0 radical (unpaired) electrons. The van der Waals surface area contributed by atoms with Crippen molar-refractivity contribution in [3.8, 4) is 11.3 Å². The number of carbonyl (C=O) groups excluding carboxylic acids is 1. The minimum absolute atomic E-state index is 0.0808. The fourth-order valence-corrected chi connectivity index (χ4v) is 2.20. The first-order valence-electron chi connectivity index (χ1n) is 7.25. The van der Waals surface area contributed by atoms with Crippen molar-refractivity contribution in [3.05, 3.63) is 86.7 Å². The summed E-state index contributed by atoms with van der Waals surface area (Å²) in [4.78, 5) is 33.4. The van der Waals surface area contributed by atoms with Gasteiger partial charge in [-0.2, -0.15) is 5.10 Å². The van der Waals surface area contributed by atoms with E-state index in [1.54, 1.807) is 30.3 Å². The molecule has 0 unspecified atom stereocenters.